The van der Waals surface area contributed by atoms with Gasteiger partial charge in [-0.2, -0.15) is 0 Å². The largest absolute Gasteiger partial charge is 0.436 e. The zero-order chi connectivity index (χ0) is 13.6. The van der Waals surface area contributed by atoms with E-state index in [1.807, 2.05) is 7.05 Å². The van der Waals surface area contributed by atoms with E-state index in [0.717, 1.165) is 33.5 Å². The first-order valence-corrected chi connectivity index (χ1v) is 6.62. The number of benzene rings is 1. The van der Waals surface area contributed by atoms with Crippen molar-refractivity contribution < 1.29 is 4.42 Å². The van der Waals surface area contributed by atoms with Crippen LogP contribution >= 0.6 is 0 Å². The molecule has 2 heterocycles. The molecule has 0 spiro atoms. The number of rotatable bonds is 2. The molecule has 0 saturated heterocycles. The molecule has 0 aliphatic carbocycles. The summed E-state index contributed by atoms with van der Waals surface area (Å²) in [5, 5.41) is 5.41. The Morgan fingerprint density at radius 3 is 2.53 bits per heavy atom. The Balaban J connectivity index is 2.37. The van der Waals surface area contributed by atoms with Crippen molar-refractivity contribution in [2.45, 2.75) is 26.7 Å². The van der Waals surface area contributed by atoms with E-state index in [-0.39, 0.29) is 0 Å². The monoisotopic (exact) mass is 254 g/mol. The Hall–Kier alpha value is -2.03. The Labute approximate surface area is 112 Å². The van der Waals surface area contributed by atoms with E-state index in [9.17, 15) is 0 Å². The smallest absolute Gasteiger partial charge is 0.227 e. The molecule has 1 aromatic carbocycles. The summed E-state index contributed by atoms with van der Waals surface area (Å²) >= 11 is 0. The molecule has 0 aliphatic heterocycles. The highest BCUT2D eigenvalue weighted by Gasteiger charge is 2.14. The molecule has 3 nitrogen and oxygen atoms in total. The van der Waals surface area contributed by atoms with E-state index in [1.165, 1.54) is 5.56 Å². The Morgan fingerprint density at radius 1 is 1.11 bits per heavy atom. The maximum absolute atomic E-state index is 5.97. The normalized spacial score (nSPS) is 11.6. The minimum atomic E-state index is 0.406. The number of furan rings is 1. The van der Waals surface area contributed by atoms with Gasteiger partial charge in [-0.05, 0) is 30.5 Å². The van der Waals surface area contributed by atoms with Gasteiger partial charge in [0.25, 0.3) is 0 Å². The van der Waals surface area contributed by atoms with E-state index >= 15 is 0 Å². The van der Waals surface area contributed by atoms with Crippen molar-refractivity contribution in [1.29, 1.82) is 0 Å². The standard InChI is InChI=1S/C16H18N2O/c1-9(2)13-8-7-12-11-6-5-10(3)14(17-4)15(11)19-16(12)18-13/h5-9,17H,1-4H3. The van der Waals surface area contributed by atoms with Gasteiger partial charge in [0.2, 0.25) is 5.71 Å². The molecule has 0 amide bonds. The molecule has 1 N–H and O–H groups in total. The predicted octanol–water partition coefficient (Wildman–Crippen LogP) is 4.45. The van der Waals surface area contributed by atoms with Gasteiger partial charge in [0.15, 0.2) is 5.58 Å². The van der Waals surface area contributed by atoms with Gasteiger partial charge < -0.3 is 9.73 Å². The first kappa shape index (κ1) is 12.0. The average Bonchev–Trinajstić information content (AvgIpc) is 2.75. The summed E-state index contributed by atoms with van der Waals surface area (Å²) in [6, 6.07) is 8.41. The quantitative estimate of drug-likeness (QED) is 0.734. The van der Waals surface area contributed by atoms with Gasteiger partial charge in [0, 0.05) is 23.5 Å². The lowest BCUT2D eigenvalue weighted by Gasteiger charge is -2.04. The second kappa shape index (κ2) is 4.26. The summed E-state index contributed by atoms with van der Waals surface area (Å²) in [6.45, 7) is 6.35. The van der Waals surface area contributed by atoms with Crippen molar-refractivity contribution in [3.8, 4) is 0 Å². The SMILES string of the molecule is CNc1c(C)ccc2c1oc1nc(C(C)C)ccc12. The number of hydrogen-bond donors (Lipinski definition) is 1. The molecule has 2 aromatic heterocycles. The van der Waals surface area contributed by atoms with Crippen LogP contribution in [0.1, 0.15) is 31.0 Å². The lowest BCUT2D eigenvalue weighted by atomic mass is 10.1. The summed E-state index contributed by atoms with van der Waals surface area (Å²) in [5.41, 5.74) is 4.91. The lowest BCUT2D eigenvalue weighted by molar-refractivity contribution is 0.648. The second-order valence-electron chi connectivity index (χ2n) is 5.23. The molecule has 98 valence electrons. The van der Waals surface area contributed by atoms with Gasteiger partial charge in [-0.25, -0.2) is 4.98 Å². The number of pyridine rings is 1. The van der Waals surface area contributed by atoms with Crippen LogP contribution in [0.15, 0.2) is 28.7 Å². The lowest BCUT2D eigenvalue weighted by Crippen LogP contribution is -1.91. The molecule has 0 fully saturated rings. The van der Waals surface area contributed by atoms with E-state index in [1.54, 1.807) is 0 Å². The Bertz CT molecular complexity index is 756. The van der Waals surface area contributed by atoms with Crippen LogP contribution < -0.4 is 5.32 Å². The molecule has 3 aromatic rings. The number of anilines is 1. The molecular weight excluding hydrogens is 236 g/mol. The molecule has 0 saturated carbocycles. The van der Waals surface area contributed by atoms with Crippen LogP contribution in [0.4, 0.5) is 5.69 Å². The molecule has 3 heteroatoms. The van der Waals surface area contributed by atoms with Gasteiger partial charge in [-0.1, -0.05) is 26.0 Å². The Morgan fingerprint density at radius 2 is 1.84 bits per heavy atom. The van der Waals surface area contributed by atoms with Crippen molar-refractivity contribution in [2.75, 3.05) is 12.4 Å². The molecule has 19 heavy (non-hydrogen) atoms. The molecule has 0 aliphatic rings. The average molecular weight is 254 g/mol. The fourth-order valence-corrected chi connectivity index (χ4v) is 2.47. The number of nitrogens with zero attached hydrogens (tertiary/aromatic N) is 1. The minimum Gasteiger partial charge on any atom is -0.436 e. The number of aryl methyl sites for hydroxylation is 1. The highest BCUT2D eigenvalue weighted by molar-refractivity contribution is 6.08. The van der Waals surface area contributed by atoms with Crippen LogP contribution in [-0.2, 0) is 0 Å². The van der Waals surface area contributed by atoms with E-state index in [4.69, 9.17) is 4.42 Å². The first-order valence-electron chi connectivity index (χ1n) is 6.62. The zero-order valence-electron chi connectivity index (χ0n) is 11.7. The predicted molar refractivity (Wildman–Crippen MR) is 79.9 cm³/mol. The van der Waals surface area contributed by atoms with Crippen molar-refractivity contribution in [3.63, 3.8) is 0 Å². The fourth-order valence-electron chi connectivity index (χ4n) is 2.47. The maximum Gasteiger partial charge on any atom is 0.227 e. The van der Waals surface area contributed by atoms with Crippen molar-refractivity contribution in [2.24, 2.45) is 0 Å². The van der Waals surface area contributed by atoms with E-state index in [2.05, 4.69) is 55.3 Å². The second-order valence-corrected chi connectivity index (χ2v) is 5.23. The van der Waals surface area contributed by atoms with Crippen LogP contribution in [0.25, 0.3) is 22.1 Å². The van der Waals surface area contributed by atoms with Gasteiger partial charge in [-0.15, -0.1) is 0 Å². The number of hydrogen-bond acceptors (Lipinski definition) is 3. The third kappa shape index (κ3) is 1.77. The summed E-state index contributed by atoms with van der Waals surface area (Å²) in [4.78, 5) is 4.62. The number of nitrogens with one attached hydrogen (secondary N) is 1. The molecule has 3 rings (SSSR count). The zero-order valence-corrected chi connectivity index (χ0v) is 11.7. The van der Waals surface area contributed by atoms with Crippen LogP contribution in [0, 0.1) is 6.92 Å². The van der Waals surface area contributed by atoms with Crippen LogP contribution in [-0.4, -0.2) is 12.0 Å². The van der Waals surface area contributed by atoms with E-state index < -0.39 is 0 Å². The third-order valence-electron chi connectivity index (χ3n) is 3.58. The van der Waals surface area contributed by atoms with Crippen LogP contribution in [0.5, 0.6) is 0 Å². The first-order chi connectivity index (χ1) is 9.11. The van der Waals surface area contributed by atoms with Crippen LogP contribution in [0.3, 0.4) is 0 Å². The van der Waals surface area contributed by atoms with E-state index in [0.29, 0.717) is 5.92 Å². The summed E-state index contributed by atoms with van der Waals surface area (Å²) in [7, 11) is 1.92. The van der Waals surface area contributed by atoms with Gasteiger partial charge >= 0.3 is 0 Å². The maximum atomic E-state index is 5.97. The molecule has 0 bridgehead atoms. The van der Waals surface area contributed by atoms with Gasteiger partial charge in [-0.3, -0.25) is 0 Å². The van der Waals surface area contributed by atoms with Crippen molar-refractivity contribution in [1.82, 2.24) is 4.98 Å². The highest BCUT2D eigenvalue weighted by Crippen LogP contribution is 2.34. The minimum absolute atomic E-state index is 0.406. The number of fused-ring (bicyclic) bond motifs is 3. The fraction of sp³-hybridized carbons (Fsp3) is 0.312. The molecule has 0 unspecified atom stereocenters. The molecular formula is C16H18N2O. The highest BCUT2D eigenvalue weighted by atomic mass is 16.3. The van der Waals surface area contributed by atoms with Crippen LogP contribution in [0.2, 0.25) is 0 Å². The topological polar surface area (TPSA) is 38.1 Å². The van der Waals surface area contributed by atoms with Crippen molar-refractivity contribution >= 4 is 27.8 Å². The van der Waals surface area contributed by atoms with Crippen molar-refractivity contribution in [3.05, 3.63) is 35.5 Å². The Kier molecular flexibility index (Phi) is 2.70. The summed E-state index contributed by atoms with van der Waals surface area (Å²) in [5.74, 6) is 0.406. The summed E-state index contributed by atoms with van der Waals surface area (Å²) < 4.78 is 5.97. The molecule has 0 atom stereocenters. The summed E-state index contributed by atoms with van der Waals surface area (Å²) in [6.07, 6.45) is 0. The third-order valence-corrected chi connectivity index (χ3v) is 3.58. The number of aromatic nitrogens is 1. The van der Waals surface area contributed by atoms with Gasteiger partial charge in [0.1, 0.15) is 0 Å². The molecule has 0 radical (unpaired) electrons. The van der Waals surface area contributed by atoms with Gasteiger partial charge in [0.05, 0.1) is 5.69 Å².